The monoisotopic (exact) mass is 465 g/mol. The van der Waals surface area contributed by atoms with E-state index < -0.39 is 0 Å². The summed E-state index contributed by atoms with van der Waals surface area (Å²) in [6.07, 6.45) is 1.49. The molecule has 0 fully saturated rings. The third-order valence-electron chi connectivity index (χ3n) is 4.87. The van der Waals surface area contributed by atoms with Gasteiger partial charge in [-0.1, -0.05) is 48.0 Å². The summed E-state index contributed by atoms with van der Waals surface area (Å²) in [5.74, 6) is -0.373. The summed E-state index contributed by atoms with van der Waals surface area (Å²) < 4.78 is 0. The Labute approximate surface area is 193 Å². The molecule has 7 nitrogen and oxygen atoms in total. The lowest BCUT2D eigenvalue weighted by Gasteiger charge is -2.13. The molecule has 32 heavy (non-hydrogen) atoms. The topological polar surface area (TPSA) is 99.8 Å². The number of halogens is 1. The highest BCUT2D eigenvalue weighted by Crippen LogP contribution is 2.28. The third-order valence-corrected chi connectivity index (χ3v) is 5.88. The minimum Gasteiger partial charge on any atom is -0.350 e. The number of rotatable bonds is 6. The van der Waals surface area contributed by atoms with Gasteiger partial charge in [-0.15, -0.1) is 11.3 Å². The van der Waals surface area contributed by atoms with E-state index in [1.807, 2.05) is 48.7 Å². The molecule has 0 saturated carbocycles. The average Bonchev–Trinajstić information content (AvgIpc) is 3.44. The highest BCUT2D eigenvalue weighted by atomic mass is 35.5. The Morgan fingerprint density at radius 2 is 1.75 bits per heavy atom. The molecule has 9 heteroatoms. The van der Waals surface area contributed by atoms with Crippen molar-refractivity contribution in [3.05, 3.63) is 76.3 Å². The lowest BCUT2D eigenvalue weighted by molar-refractivity contribution is -0.119. The van der Waals surface area contributed by atoms with Gasteiger partial charge in [0.25, 0.3) is 5.91 Å². The van der Waals surface area contributed by atoms with E-state index >= 15 is 0 Å². The molecule has 0 aliphatic rings. The third kappa shape index (κ3) is 4.87. The molecular formula is C23H20ClN5O2S. The van der Waals surface area contributed by atoms with Gasteiger partial charge in [-0.05, 0) is 24.6 Å². The van der Waals surface area contributed by atoms with E-state index in [0.717, 1.165) is 22.4 Å². The van der Waals surface area contributed by atoms with Gasteiger partial charge < -0.3 is 5.32 Å². The zero-order chi connectivity index (χ0) is 22.7. The van der Waals surface area contributed by atoms with Crippen LogP contribution in [0.1, 0.15) is 35.8 Å². The molecule has 0 aliphatic heterocycles. The fourth-order valence-corrected chi connectivity index (χ4v) is 4.09. The number of H-pyrrole nitrogens is 1. The van der Waals surface area contributed by atoms with E-state index in [1.54, 1.807) is 12.1 Å². The molecule has 4 aromatic rings. The summed E-state index contributed by atoms with van der Waals surface area (Å²) in [5.41, 5.74) is 4.52. The van der Waals surface area contributed by atoms with E-state index in [-0.39, 0.29) is 17.9 Å². The predicted molar refractivity (Wildman–Crippen MR) is 127 cm³/mol. The van der Waals surface area contributed by atoms with Gasteiger partial charge in [-0.2, -0.15) is 5.10 Å². The second kappa shape index (κ2) is 9.33. The van der Waals surface area contributed by atoms with Crippen LogP contribution in [0.15, 0.2) is 60.1 Å². The molecule has 0 radical (unpaired) electrons. The first kappa shape index (κ1) is 21.7. The Hall–Kier alpha value is -3.49. The smallest absolute Gasteiger partial charge is 0.261 e. The zero-order valence-corrected chi connectivity index (χ0v) is 18.9. The maximum absolute atomic E-state index is 12.8. The second-order valence-corrected chi connectivity index (χ2v) is 8.50. The van der Waals surface area contributed by atoms with Crippen molar-refractivity contribution in [1.29, 1.82) is 0 Å². The molecule has 1 unspecified atom stereocenters. The van der Waals surface area contributed by atoms with Crippen molar-refractivity contribution >= 4 is 39.9 Å². The highest BCUT2D eigenvalue weighted by molar-refractivity contribution is 7.14. The quantitative estimate of drug-likeness (QED) is 0.359. The van der Waals surface area contributed by atoms with E-state index in [4.69, 9.17) is 11.6 Å². The Morgan fingerprint density at radius 1 is 1.06 bits per heavy atom. The Balaban J connectivity index is 1.47. The number of amides is 2. The summed E-state index contributed by atoms with van der Waals surface area (Å²) in [6, 6.07) is 14.9. The molecule has 2 heterocycles. The van der Waals surface area contributed by atoms with Crippen LogP contribution in [0.3, 0.4) is 0 Å². The van der Waals surface area contributed by atoms with Crippen LogP contribution in [0.5, 0.6) is 0 Å². The minimum atomic E-state index is -0.302. The Morgan fingerprint density at radius 3 is 2.44 bits per heavy atom. The highest BCUT2D eigenvalue weighted by Gasteiger charge is 2.17. The van der Waals surface area contributed by atoms with Gasteiger partial charge in [-0.25, -0.2) is 4.98 Å². The van der Waals surface area contributed by atoms with Crippen LogP contribution in [-0.2, 0) is 4.79 Å². The molecular weight excluding hydrogens is 446 g/mol. The van der Waals surface area contributed by atoms with E-state index in [9.17, 15) is 9.59 Å². The number of carbonyl (C=O) groups is 2. The van der Waals surface area contributed by atoms with Crippen molar-refractivity contribution in [3.63, 3.8) is 0 Å². The summed E-state index contributed by atoms with van der Waals surface area (Å²) in [6.45, 7) is 3.43. The number of aromatic amines is 1. The number of aromatic nitrogens is 3. The SMILES string of the molecule is CC(=O)NC(C)c1ccc(-c2csc(NC(=O)c3cn[nH]c3-c3ccc(Cl)cc3)n2)cc1. The van der Waals surface area contributed by atoms with Crippen molar-refractivity contribution in [3.8, 4) is 22.5 Å². The first-order valence-corrected chi connectivity index (χ1v) is 11.1. The number of carbonyl (C=O) groups excluding carboxylic acids is 2. The Kier molecular flexibility index (Phi) is 6.34. The number of anilines is 1. The molecule has 162 valence electrons. The summed E-state index contributed by atoms with van der Waals surface area (Å²) >= 11 is 7.30. The van der Waals surface area contributed by atoms with Crippen molar-refractivity contribution < 1.29 is 9.59 Å². The fraction of sp³-hybridized carbons (Fsp3) is 0.130. The number of benzene rings is 2. The van der Waals surface area contributed by atoms with Gasteiger partial charge in [0.05, 0.1) is 29.2 Å². The normalized spacial score (nSPS) is 11.7. The molecule has 0 saturated heterocycles. The van der Waals surface area contributed by atoms with Crippen LogP contribution in [0.4, 0.5) is 5.13 Å². The average molecular weight is 466 g/mol. The molecule has 4 rings (SSSR count). The second-order valence-electron chi connectivity index (χ2n) is 7.20. The maximum Gasteiger partial charge on any atom is 0.261 e. The minimum absolute atomic E-state index is 0.0710. The maximum atomic E-state index is 12.8. The van der Waals surface area contributed by atoms with Crippen molar-refractivity contribution in [1.82, 2.24) is 20.5 Å². The lowest BCUT2D eigenvalue weighted by atomic mass is 10.1. The molecule has 0 aliphatic carbocycles. The van der Waals surface area contributed by atoms with Crippen molar-refractivity contribution in [2.75, 3.05) is 5.32 Å². The van der Waals surface area contributed by atoms with Gasteiger partial charge in [-0.3, -0.25) is 20.0 Å². The van der Waals surface area contributed by atoms with Crippen LogP contribution in [0.2, 0.25) is 5.02 Å². The molecule has 2 amide bonds. The van der Waals surface area contributed by atoms with Crippen LogP contribution in [0.25, 0.3) is 22.5 Å². The van der Waals surface area contributed by atoms with E-state index in [2.05, 4.69) is 25.8 Å². The predicted octanol–water partition coefficient (Wildman–Crippen LogP) is 5.30. The molecule has 0 spiro atoms. The van der Waals surface area contributed by atoms with E-state index in [1.165, 1.54) is 24.5 Å². The number of nitrogens with one attached hydrogen (secondary N) is 3. The lowest BCUT2D eigenvalue weighted by Crippen LogP contribution is -2.23. The zero-order valence-electron chi connectivity index (χ0n) is 17.3. The summed E-state index contributed by atoms with van der Waals surface area (Å²) in [4.78, 5) is 28.6. The van der Waals surface area contributed by atoms with Crippen LogP contribution < -0.4 is 10.6 Å². The fourth-order valence-electron chi connectivity index (χ4n) is 3.25. The van der Waals surface area contributed by atoms with Gasteiger partial charge >= 0.3 is 0 Å². The number of hydrogen-bond acceptors (Lipinski definition) is 5. The van der Waals surface area contributed by atoms with Crippen molar-refractivity contribution in [2.45, 2.75) is 19.9 Å². The van der Waals surface area contributed by atoms with Gasteiger partial charge in [0, 0.05) is 28.5 Å². The van der Waals surface area contributed by atoms with Gasteiger partial charge in [0.2, 0.25) is 5.91 Å². The van der Waals surface area contributed by atoms with Crippen LogP contribution >= 0.6 is 22.9 Å². The van der Waals surface area contributed by atoms with Gasteiger partial charge in [0.15, 0.2) is 5.13 Å². The first-order valence-electron chi connectivity index (χ1n) is 9.84. The summed E-state index contributed by atoms with van der Waals surface area (Å²) in [5, 5.41) is 15.6. The number of nitrogens with zero attached hydrogens (tertiary/aromatic N) is 2. The van der Waals surface area contributed by atoms with Crippen LogP contribution in [-0.4, -0.2) is 27.0 Å². The van der Waals surface area contributed by atoms with Crippen molar-refractivity contribution in [2.24, 2.45) is 0 Å². The number of hydrogen-bond donors (Lipinski definition) is 3. The Bertz CT molecular complexity index is 1250. The molecule has 1 atom stereocenters. The largest absolute Gasteiger partial charge is 0.350 e. The molecule has 2 aromatic heterocycles. The summed E-state index contributed by atoms with van der Waals surface area (Å²) in [7, 11) is 0. The molecule has 2 aromatic carbocycles. The first-order chi connectivity index (χ1) is 15.4. The van der Waals surface area contributed by atoms with E-state index in [0.29, 0.717) is 21.4 Å². The van der Waals surface area contributed by atoms with Crippen LogP contribution in [0, 0.1) is 0 Å². The van der Waals surface area contributed by atoms with Gasteiger partial charge in [0.1, 0.15) is 0 Å². The number of thiazole rings is 1. The molecule has 0 bridgehead atoms. The molecule has 3 N–H and O–H groups in total. The standard InChI is InChI=1S/C23H20ClN5O2S/c1-13(26-14(2)30)15-3-5-16(6-4-15)20-12-32-23(27-20)28-22(31)19-11-25-29-21(19)17-7-9-18(24)10-8-17/h3-13H,1-2H3,(H,25,29)(H,26,30)(H,27,28,31).